The first-order valence-electron chi connectivity index (χ1n) is 10.7. The van der Waals surface area contributed by atoms with Crippen LogP contribution in [0.15, 0.2) is 35.6 Å². The fraction of sp³-hybridized carbons (Fsp3) is 0.286. The monoisotopic (exact) mass is 591 g/mol. The van der Waals surface area contributed by atoms with Crippen LogP contribution in [-0.4, -0.2) is 52.4 Å². The summed E-state index contributed by atoms with van der Waals surface area (Å²) in [6.07, 6.45) is -5.55. The second kappa shape index (κ2) is 8.86. The van der Waals surface area contributed by atoms with E-state index in [1.807, 2.05) is 0 Å². The molecule has 0 unspecified atom stereocenters. The number of rotatable bonds is 4. The van der Waals surface area contributed by atoms with Crippen molar-refractivity contribution in [1.82, 2.24) is 20.7 Å². The summed E-state index contributed by atoms with van der Waals surface area (Å²) < 4.78 is 39.0. The molecule has 1 aromatic heterocycles. The first-order chi connectivity index (χ1) is 17.7. The molecule has 38 heavy (non-hydrogen) atoms. The van der Waals surface area contributed by atoms with Gasteiger partial charge in [-0.3, -0.25) is 14.6 Å². The number of hydrogen-bond acceptors (Lipinski definition) is 8. The highest BCUT2D eigenvalue weighted by Gasteiger charge is 2.62. The molecule has 3 atom stereocenters. The number of urea groups is 1. The molecule has 3 aliphatic heterocycles. The molecule has 2 saturated heterocycles. The van der Waals surface area contributed by atoms with E-state index >= 15 is 0 Å². The van der Waals surface area contributed by atoms with E-state index < -0.39 is 52.3 Å². The number of anilines is 2. The molecule has 0 saturated carbocycles. The quantitative estimate of drug-likeness (QED) is 0.521. The third kappa shape index (κ3) is 4.08. The molecule has 2 aromatic rings. The SMILES string of the molecule is CN(c1ncc(C(F)(F)F)cc1Cl)N1C(=O)[C@@H]2C([C@]3(C)NC(=O)N(c4ccc(Cl)cc4Cl)N3)=NO[C@@H]2C1=O. The standard InChI is InChI=1S/C21H15Cl3F3N7O4/c1-20(29-19(37)33(31-20)12-4-3-9(22)6-10(12)23)15-13-14(38-30-15)18(36)34(17(13)35)32(2)16-11(24)5-8(7-28-16)21(25,26)27/h3-7,13-14,31H,1-2H3,(H,29,37)/t13-,14-,20+/m0/s1. The first kappa shape index (κ1) is 26.3. The van der Waals surface area contributed by atoms with Crippen LogP contribution in [0.1, 0.15) is 12.5 Å². The zero-order valence-corrected chi connectivity index (χ0v) is 21.4. The van der Waals surface area contributed by atoms with E-state index in [1.165, 1.54) is 32.2 Å². The van der Waals surface area contributed by atoms with Gasteiger partial charge < -0.3 is 10.2 Å². The van der Waals surface area contributed by atoms with Crippen LogP contribution in [0.25, 0.3) is 0 Å². The fourth-order valence-electron chi connectivity index (χ4n) is 4.31. The highest BCUT2D eigenvalue weighted by molar-refractivity contribution is 6.37. The van der Waals surface area contributed by atoms with Gasteiger partial charge in [-0.25, -0.2) is 14.8 Å². The van der Waals surface area contributed by atoms with Gasteiger partial charge in [-0.15, -0.1) is 0 Å². The third-order valence-corrected chi connectivity index (χ3v) is 6.92. The summed E-state index contributed by atoms with van der Waals surface area (Å²) in [7, 11) is 1.23. The maximum Gasteiger partial charge on any atom is 0.417 e. The Bertz CT molecular complexity index is 1420. The summed E-state index contributed by atoms with van der Waals surface area (Å²) in [4.78, 5) is 48.3. The molecule has 4 heterocycles. The lowest BCUT2D eigenvalue weighted by atomic mass is 9.91. The summed E-state index contributed by atoms with van der Waals surface area (Å²) in [5, 5.41) is 9.29. The minimum Gasteiger partial charge on any atom is -0.381 e. The molecule has 3 aliphatic rings. The molecule has 4 amide bonds. The Kier molecular flexibility index (Phi) is 6.13. The maximum atomic E-state index is 13.4. The van der Waals surface area contributed by atoms with Crippen molar-refractivity contribution < 1.29 is 32.4 Å². The zero-order chi connectivity index (χ0) is 27.7. The number of carbonyl (C=O) groups excluding carboxylic acids is 3. The van der Waals surface area contributed by atoms with Gasteiger partial charge in [0.05, 0.1) is 21.3 Å². The topological polar surface area (TPSA) is 119 Å². The summed E-state index contributed by atoms with van der Waals surface area (Å²) in [5.74, 6) is -3.24. The van der Waals surface area contributed by atoms with E-state index in [-0.39, 0.29) is 22.2 Å². The second-order valence-corrected chi connectivity index (χ2v) is 9.87. The van der Waals surface area contributed by atoms with Crippen LogP contribution >= 0.6 is 34.8 Å². The zero-order valence-electron chi connectivity index (χ0n) is 19.2. The van der Waals surface area contributed by atoms with Crippen molar-refractivity contribution in [2.75, 3.05) is 17.1 Å². The molecule has 0 bridgehead atoms. The minimum atomic E-state index is -4.69. The number of fused-ring (bicyclic) bond motifs is 1. The van der Waals surface area contributed by atoms with Gasteiger partial charge in [-0.2, -0.15) is 23.6 Å². The first-order valence-corrected chi connectivity index (χ1v) is 11.8. The third-order valence-electron chi connectivity index (χ3n) is 6.10. The lowest BCUT2D eigenvalue weighted by Gasteiger charge is -2.29. The van der Waals surface area contributed by atoms with E-state index in [0.717, 1.165) is 10.0 Å². The van der Waals surface area contributed by atoms with Crippen molar-refractivity contribution in [2.45, 2.75) is 24.9 Å². The molecule has 1 aromatic carbocycles. The maximum absolute atomic E-state index is 13.4. The fourth-order valence-corrected chi connectivity index (χ4v) is 5.09. The molecule has 17 heteroatoms. The van der Waals surface area contributed by atoms with Gasteiger partial charge in [0, 0.05) is 18.3 Å². The number of amides is 4. The Balaban J connectivity index is 1.41. The molecule has 11 nitrogen and oxygen atoms in total. The molecule has 2 fully saturated rings. The average Bonchev–Trinajstić information content (AvgIpc) is 3.46. The van der Waals surface area contributed by atoms with Gasteiger partial charge in [0.2, 0.25) is 6.10 Å². The Morgan fingerprint density at radius 2 is 1.82 bits per heavy atom. The smallest absolute Gasteiger partial charge is 0.381 e. The van der Waals surface area contributed by atoms with Gasteiger partial charge in [0.25, 0.3) is 11.8 Å². The normalized spacial score (nSPS) is 24.9. The predicted octanol–water partition coefficient (Wildman–Crippen LogP) is 3.60. The van der Waals surface area contributed by atoms with Crippen LogP contribution in [-0.2, 0) is 20.6 Å². The number of imide groups is 1. The van der Waals surface area contributed by atoms with E-state index in [4.69, 9.17) is 39.6 Å². The summed E-state index contributed by atoms with van der Waals surface area (Å²) >= 11 is 18.2. The number of oxime groups is 1. The van der Waals surface area contributed by atoms with Gasteiger partial charge in [0.15, 0.2) is 11.5 Å². The second-order valence-electron chi connectivity index (χ2n) is 8.62. The molecule has 5 rings (SSSR count). The lowest BCUT2D eigenvalue weighted by molar-refractivity contribution is -0.143. The molecule has 2 N–H and O–H groups in total. The van der Waals surface area contributed by atoms with Crippen LogP contribution in [0.2, 0.25) is 15.1 Å². The van der Waals surface area contributed by atoms with Crippen molar-refractivity contribution in [3.8, 4) is 0 Å². The number of alkyl halides is 3. The van der Waals surface area contributed by atoms with Crippen LogP contribution in [0, 0.1) is 5.92 Å². The van der Waals surface area contributed by atoms with E-state index in [9.17, 15) is 27.6 Å². The number of hydrazine groups is 2. The van der Waals surface area contributed by atoms with Crippen LogP contribution in [0.4, 0.5) is 29.5 Å². The number of nitrogens with zero attached hydrogens (tertiary/aromatic N) is 5. The minimum absolute atomic E-state index is 0.0239. The number of aromatic nitrogens is 1. The molecule has 0 aliphatic carbocycles. The van der Waals surface area contributed by atoms with Gasteiger partial charge in [0.1, 0.15) is 11.6 Å². The van der Waals surface area contributed by atoms with E-state index in [1.54, 1.807) is 0 Å². The average molecular weight is 593 g/mol. The van der Waals surface area contributed by atoms with Gasteiger partial charge in [-0.1, -0.05) is 40.0 Å². The number of pyridine rings is 1. The van der Waals surface area contributed by atoms with Gasteiger partial charge >= 0.3 is 12.2 Å². The molecule has 0 spiro atoms. The number of hydrogen-bond donors (Lipinski definition) is 2. The van der Waals surface area contributed by atoms with Crippen LogP contribution in [0.3, 0.4) is 0 Å². The Hall–Kier alpha value is -3.33. The summed E-state index contributed by atoms with van der Waals surface area (Å²) in [6, 6.07) is 4.44. The van der Waals surface area contributed by atoms with Crippen molar-refractivity contribution in [3.63, 3.8) is 0 Å². The van der Waals surface area contributed by atoms with Crippen molar-refractivity contribution >= 4 is 69.9 Å². The molecular weight excluding hydrogens is 578 g/mol. The Morgan fingerprint density at radius 3 is 2.45 bits per heavy atom. The summed E-state index contributed by atoms with van der Waals surface area (Å²) in [6.45, 7) is 1.50. The van der Waals surface area contributed by atoms with E-state index in [0.29, 0.717) is 22.3 Å². The lowest BCUT2D eigenvalue weighted by Crippen LogP contribution is -2.58. The number of carbonyl (C=O) groups is 3. The van der Waals surface area contributed by atoms with Crippen LogP contribution in [0.5, 0.6) is 0 Å². The van der Waals surface area contributed by atoms with Gasteiger partial charge in [-0.05, 0) is 31.2 Å². The molecular formula is C21H15Cl3F3N7O4. The largest absolute Gasteiger partial charge is 0.417 e. The highest BCUT2D eigenvalue weighted by atomic mass is 35.5. The van der Waals surface area contributed by atoms with Crippen LogP contribution < -0.4 is 20.8 Å². The predicted molar refractivity (Wildman–Crippen MR) is 129 cm³/mol. The van der Waals surface area contributed by atoms with Crippen molar-refractivity contribution in [3.05, 3.63) is 51.1 Å². The van der Waals surface area contributed by atoms with Crippen molar-refractivity contribution in [1.29, 1.82) is 0 Å². The number of halogens is 6. The van der Waals surface area contributed by atoms with Crippen molar-refractivity contribution in [2.24, 2.45) is 11.1 Å². The van der Waals surface area contributed by atoms with E-state index in [2.05, 4.69) is 20.9 Å². The summed E-state index contributed by atoms with van der Waals surface area (Å²) in [5.41, 5.74) is 0.526. The highest BCUT2D eigenvalue weighted by Crippen LogP contribution is 2.39. The number of nitrogens with one attached hydrogen (secondary N) is 2. The number of benzene rings is 1. The Morgan fingerprint density at radius 1 is 1.11 bits per heavy atom. The Labute approximate surface area is 227 Å². The molecule has 0 radical (unpaired) electrons. The molecule has 200 valence electrons.